The molecule has 3 aromatic rings. The molecule has 0 spiro atoms. The first kappa shape index (κ1) is 13.7. The minimum atomic E-state index is -0.273. The van der Waals surface area contributed by atoms with Gasteiger partial charge < -0.3 is 10.1 Å². The SMILES string of the molecule is Cc1cc2c(=O)n(/N=C\c3ccccc3O)c(=S)[nH]c2s1. The van der Waals surface area contributed by atoms with Crippen molar-refractivity contribution >= 4 is 40.0 Å². The number of fused-ring (bicyclic) bond motifs is 1. The van der Waals surface area contributed by atoms with Crippen LogP contribution in [0.5, 0.6) is 5.75 Å². The van der Waals surface area contributed by atoms with E-state index in [0.717, 1.165) is 14.4 Å². The Bertz CT molecular complexity index is 966. The van der Waals surface area contributed by atoms with E-state index >= 15 is 0 Å². The lowest BCUT2D eigenvalue weighted by Crippen LogP contribution is -2.17. The Balaban J connectivity index is 2.15. The van der Waals surface area contributed by atoms with Gasteiger partial charge in [-0.25, -0.2) is 0 Å². The van der Waals surface area contributed by atoms with Gasteiger partial charge >= 0.3 is 0 Å². The van der Waals surface area contributed by atoms with Gasteiger partial charge in [-0.2, -0.15) is 9.78 Å². The summed E-state index contributed by atoms with van der Waals surface area (Å²) in [7, 11) is 0. The molecule has 0 saturated carbocycles. The van der Waals surface area contributed by atoms with Crippen molar-refractivity contribution < 1.29 is 5.11 Å². The van der Waals surface area contributed by atoms with E-state index < -0.39 is 0 Å². The van der Waals surface area contributed by atoms with E-state index in [1.807, 2.05) is 6.92 Å². The van der Waals surface area contributed by atoms with Gasteiger partial charge in [-0.3, -0.25) is 4.79 Å². The standard InChI is InChI=1S/C14H11N3O2S2/c1-8-6-10-12(21-8)16-14(20)17(13(10)19)15-7-9-4-2-3-5-11(9)18/h2-7,18H,1H3,(H,16,20)/b15-7-. The number of thiophene rings is 1. The average Bonchev–Trinajstić information content (AvgIpc) is 2.81. The van der Waals surface area contributed by atoms with E-state index in [0.29, 0.717) is 10.9 Å². The Hall–Kier alpha value is -2.25. The fraction of sp³-hybridized carbons (Fsp3) is 0.0714. The van der Waals surface area contributed by atoms with Gasteiger partial charge in [0.05, 0.1) is 11.6 Å². The number of nitrogens with one attached hydrogen (secondary N) is 1. The summed E-state index contributed by atoms with van der Waals surface area (Å²) >= 11 is 6.64. The van der Waals surface area contributed by atoms with Crippen LogP contribution in [-0.2, 0) is 0 Å². The van der Waals surface area contributed by atoms with Crippen LogP contribution >= 0.6 is 23.6 Å². The number of rotatable bonds is 2. The van der Waals surface area contributed by atoms with E-state index in [2.05, 4.69) is 10.1 Å². The van der Waals surface area contributed by atoms with Crippen molar-refractivity contribution in [3.05, 3.63) is 55.9 Å². The Kier molecular flexibility index (Phi) is 3.44. The summed E-state index contributed by atoms with van der Waals surface area (Å²) in [5, 5.41) is 14.3. The maximum Gasteiger partial charge on any atom is 0.283 e. The Morgan fingerprint density at radius 2 is 2.19 bits per heavy atom. The van der Waals surface area contributed by atoms with Gasteiger partial charge in [0.25, 0.3) is 5.56 Å². The first-order chi connectivity index (χ1) is 10.1. The second kappa shape index (κ2) is 5.27. The fourth-order valence-corrected chi connectivity index (χ4v) is 3.14. The molecule has 106 valence electrons. The molecule has 0 atom stereocenters. The molecule has 0 aliphatic carbocycles. The van der Waals surface area contributed by atoms with Gasteiger partial charge in [-0.1, -0.05) is 12.1 Å². The van der Waals surface area contributed by atoms with Crippen molar-refractivity contribution in [2.75, 3.05) is 0 Å². The molecule has 0 unspecified atom stereocenters. The molecule has 0 saturated heterocycles. The zero-order valence-corrected chi connectivity index (χ0v) is 12.7. The first-order valence-corrected chi connectivity index (χ1v) is 7.36. The van der Waals surface area contributed by atoms with Crippen LogP contribution in [0.4, 0.5) is 0 Å². The molecule has 0 aliphatic heterocycles. The molecule has 0 fully saturated rings. The van der Waals surface area contributed by atoms with Crippen molar-refractivity contribution in [1.29, 1.82) is 0 Å². The smallest absolute Gasteiger partial charge is 0.283 e. The third-order valence-electron chi connectivity index (χ3n) is 2.94. The molecule has 2 aromatic heterocycles. The highest BCUT2D eigenvalue weighted by Crippen LogP contribution is 2.19. The lowest BCUT2D eigenvalue weighted by Gasteiger charge is -2.00. The molecule has 5 nitrogen and oxygen atoms in total. The summed E-state index contributed by atoms with van der Waals surface area (Å²) in [6, 6.07) is 8.54. The molecule has 0 amide bonds. The number of aryl methyl sites for hydroxylation is 1. The largest absolute Gasteiger partial charge is 0.507 e. The van der Waals surface area contributed by atoms with Crippen molar-refractivity contribution in [2.45, 2.75) is 6.92 Å². The van der Waals surface area contributed by atoms with Crippen molar-refractivity contribution in [3.8, 4) is 5.75 Å². The van der Waals surface area contributed by atoms with E-state index in [1.54, 1.807) is 30.3 Å². The molecule has 0 bridgehead atoms. The molecule has 7 heteroatoms. The molecule has 0 radical (unpaired) electrons. The van der Waals surface area contributed by atoms with Gasteiger partial charge in [0.15, 0.2) is 0 Å². The highest BCUT2D eigenvalue weighted by atomic mass is 32.1. The summed E-state index contributed by atoms with van der Waals surface area (Å²) in [4.78, 5) is 17.1. The highest BCUT2D eigenvalue weighted by molar-refractivity contribution is 7.71. The van der Waals surface area contributed by atoms with Crippen LogP contribution in [0.25, 0.3) is 10.2 Å². The third kappa shape index (κ3) is 2.53. The van der Waals surface area contributed by atoms with Gasteiger partial charge in [0.1, 0.15) is 10.6 Å². The lowest BCUT2D eigenvalue weighted by atomic mass is 10.2. The maximum atomic E-state index is 12.4. The molecular weight excluding hydrogens is 306 g/mol. The van der Waals surface area contributed by atoms with Crippen LogP contribution in [0.15, 0.2) is 40.2 Å². The number of aromatic amines is 1. The number of aromatic nitrogens is 2. The van der Waals surface area contributed by atoms with Crippen molar-refractivity contribution in [2.24, 2.45) is 5.10 Å². The van der Waals surface area contributed by atoms with Crippen LogP contribution in [-0.4, -0.2) is 21.0 Å². The summed E-state index contributed by atoms with van der Waals surface area (Å²) in [5.74, 6) is 0.0941. The Morgan fingerprint density at radius 1 is 1.43 bits per heavy atom. The monoisotopic (exact) mass is 317 g/mol. The van der Waals surface area contributed by atoms with E-state index in [9.17, 15) is 9.90 Å². The Morgan fingerprint density at radius 3 is 2.95 bits per heavy atom. The summed E-state index contributed by atoms with van der Waals surface area (Å²) in [5.41, 5.74) is 0.241. The number of phenolic OH excluding ortho intramolecular Hbond substituents is 1. The minimum Gasteiger partial charge on any atom is -0.507 e. The fourth-order valence-electron chi connectivity index (χ4n) is 1.94. The molecule has 3 rings (SSSR count). The van der Waals surface area contributed by atoms with Crippen LogP contribution < -0.4 is 5.56 Å². The first-order valence-electron chi connectivity index (χ1n) is 6.14. The van der Waals surface area contributed by atoms with Crippen LogP contribution in [0.3, 0.4) is 0 Å². The molecule has 0 aliphatic rings. The molecule has 21 heavy (non-hydrogen) atoms. The predicted octanol–water partition coefficient (Wildman–Crippen LogP) is 3.02. The van der Waals surface area contributed by atoms with Gasteiger partial charge in [-0.05, 0) is 37.3 Å². The number of aromatic hydroxyl groups is 1. The van der Waals surface area contributed by atoms with Crippen LogP contribution in [0.1, 0.15) is 10.4 Å². The highest BCUT2D eigenvalue weighted by Gasteiger charge is 2.07. The number of hydrogen-bond donors (Lipinski definition) is 2. The zero-order valence-electron chi connectivity index (χ0n) is 11.0. The summed E-state index contributed by atoms with van der Waals surface area (Å²) < 4.78 is 1.34. The number of para-hydroxylation sites is 1. The lowest BCUT2D eigenvalue weighted by molar-refractivity contribution is 0.474. The second-order valence-corrected chi connectivity index (χ2v) is 6.09. The normalized spacial score (nSPS) is 11.5. The second-order valence-electron chi connectivity index (χ2n) is 4.45. The predicted molar refractivity (Wildman–Crippen MR) is 87.1 cm³/mol. The van der Waals surface area contributed by atoms with Crippen molar-refractivity contribution in [3.63, 3.8) is 0 Å². The van der Waals surface area contributed by atoms with Crippen LogP contribution in [0.2, 0.25) is 0 Å². The number of hydrogen-bond acceptors (Lipinski definition) is 5. The van der Waals surface area contributed by atoms with Crippen LogP contribution in [0, 0.1) is 11.7 Å². The quantitative estimate of drug-likeness (QED) is 0.564. The summed E-state index contributed by atoms with van der Waals surface area (Å²) in [6.45, 7) is 1.93. The zero-order chi connectivity index (χ0) is 15.0. The number of nitrogens with zero attached hydrogens (tertiary/aromatic N) is 2. The molecule has 1 aromatic carbocycles. The molecule has 2 N–H and O–H groups in total. The third-order valence-corrected chi connectivity index (χ3v) is 4.18. The molecule has 2 heterocycles. The topological polar surface area (TPSA) is 70.4 Å². The number of benzene rings is 1. The van der Waals surface area contributed by atoms with Gasteiger partial charge in [0.2, 0.25) is 4.77 Å². The molecular formula is C14H11N3O2S2. The minimum absolute atomic E-state index is 0.0941. The average molecular weight is 317 g/mol. The van der Waals surface area contributed by atoms with E-state index in [1.165, 1.54) is 17.6 Å². The van der Waals surface area contributed by atoms with Crippen molar-refractivity contribution in [1.82, 2.24) is 9.66 Å². The van der Waals surface area contributed by atoms with E-state index in [4.69, 9.17) is 12.2 Å². The number of phenols is 1. The maximum absolute atomic E-state index is 12.4. The number of H-pyrrole nitrogens is 1. The summed E-state index contributed by atoms with van der Waals surface area (Å²) in [6.07, 6.45) is 1.41. The van der Waals surface area contributed by atoms with Gasteiger partial charge in [0, 0.05) is 10.4 Å². The van der Waals surface area contributed by atoms with Gasteiger partial charge in [-0.15, -0.1) is 11.3 Å². The van der Waals surface area contributed by atoms with E-state index in [-0.39, 0.29) is 16.1 Å². The Labute approximate surface area is 128 Å².